The number of aryl methyl sites for hydroxylation is 1. The second-order valence-electron chi connectivity index (χ2n) is 3.41. The van der Waals surface area contributed by atoms with Crippen molar-refractivity contribution >= 4 is 28.9 Å². The van der Waals surface area contributed by atoms with Crippen LogP contribution in [0.5, 0.6) is 0 Å². The Balaban J connectivity index is 2.15. The molecule has 0 aromatic carbocycles. The molecule has 5 nitrogen and oxygen atoms in total. The van der Waals surface area contributed by atoms with Crippen LogP contribution in [0.15, 0.2) is 17.5 Å². The molecule has 0 bridgehead atoms. The van der Waals surface area contributed by atoms with Crippen LogP contribution in [-0.4, -0.2) is 9.97 Å². The molecule has 0 spiro atoms. The monoisotopic (exact) mass is 235 g/mol. The van der Waals surface area contributed by atoms with Gasteiger partial charge in [-0.2, -0.15) is 9.97 Å². The minimum absolute atomic E-state index is 0.120. The fraction of sp³-hybridized carbons (Fsp3) is 0.200. The molecule has 0 aliphatic carbocycles. The molecule has 0 saturated heterocycles. The Morgan fingerprint density at radius 2 is 1.75 bits per heavy atom. The highest BCUT2D eigenvalue weighted by molar-refractivity contribution is 7.09. The van der Waals surface area contributed by atoms with Crippen LogP contribution < -0.4 is 17.2 Å². The van der Waals surface area contributed by atoms with Crippen molar-refractivity contribution in [2.45, 2.75) is 12.8 Å². The first-order chi connectivity index (χ1) is 7.66. The van der Waals surface area contributed by atoms with E-state index in [4.69, 9.17) is 17.2 Å². The number of hydrogen-bond acceptors (Lipinski definition) is 6. The third kappa shape index (κ3) is 2.22. The van der Waals surface area contributed by atoms with Crippen LogP contribution in [0.4, 0.5) is 17.6 Å². The Morgan fingerprint density at radius 3 is 2.31 bits per heavy atom. The van der Waals surface area contributed by atoms with Crippen LogP contribution in [0.3, 0.4) is 0 Å². The third-order valence-corrected chi connectivity index (χ3v) is 3.23. The van der Waals surface area contributed by atoms with Gasteiger partial charge in [0.2, 0.25) is 5.95 Å². The number of nitrogens with two attached hydrogens (primary N) is 3. The molecule has 0 amide bonds. The Labute approximate surface area is 97.3 Å². The van der Waals surface area contributed by atoms with Crippen LogP contribution >= 0.6 is 11.3 Å². The quantitative estimate of drug-likeness (QED) is 0.738. The molecule has 0 aliphatic heterocycles. The van der Waals surface area contributed by atoms with Gasteiger partial charge in [0, 0.05) is 10.4 Å². The van der Waals surface area contributed by atoms with Crippen LogP contribution in [0.1, 0.15) is 10.4 Å². The summed E-state index contributed by atoms with van der Waals surface area (Å²) in [6, 6.07) is 4.10. The van der Waals surface area contributed by atoms with Gasteiger partial charge < -0.3 is 17.2 Å². The zero-order chi connectivity index (χ0) is 11.5. The molecular formula is C10H13N5S. The van der Waals surface area contributed by atoms with Gasteiger partial charge in [-0.25, -0.2) is 0 Å². The van der Waals surface area contributed by atoms with Gasteiger partial charge in [0.25, 0.3) is 0 Å². The maximum Gasteiger partial charge on any atom is 0.223 e. The summed E-state index contributed by atoms with van der Waals surface area (Å²) >= 11 is 1.71. The second kappa shape index (κ2) is 4.36. The van der Waals surface area contributed by atoms with E-state index < -0.39 is 0 Å². The highest BCUT2D eigenvalue weighted by atomic mass is 32.1. The van der Waals surface area contributed by atoms with E-state index in [0.29, 0.717) is 11.6 Å². The summed E-state index contributed by atoms with van der Waals surface area (Å²) in [7, 11) is 0. The number of hydrogen-bond donors (Lipinski definition) is 3. The third-order valence-electron chi connectivity index (χ3n) is 2.29. The summed E-state index contributed by atoms with van der Waals surface area (Å²) < 4.78 is 0. The SMILES string of the molecule is Nc1nc(N)c(CCc2cccs2)c(N)n1. The maximum atomic E-state index is 5.75. The van der Waals surface area contributed by atoms with Crippen molar-refractivity contribution < 1.29 is 0 Å². The van der Waals surface area contributed by atoms with E-state index in [0.717, 1.165) is 18.4 Å². The molecule has 2 aromatic heterocycles. The van der Waals surface area contributed by atoms with Gasteiger partial charge in [0.05, 0.1) is 0 Å². The lowest BCUT2D eigenvalue weighted by Crippen LogP contribution is -2.09. The number of anilines is 3. The highest BCUT2D eigenvalue weighted by Gasteiger charge is 2.08. The number of aromatic nitrogens is 2. The fourth-order valence-corrected chi connectivity index (χ4v) is 2.21. The summed E-state index contributed by atoms with van der Waals surface area (Å²) in [6.07, 6.45) is 1.62. The first-order valence-electron chi connectivity index (χ1n) is 4.86. The molecule has 0 atom stereocenters. The molecule has 6 heteroatoms. The molecule has 2 aromatic rings. The van der Waals surface area contributed by atoms with Crippen molar-refractivity contribution in [3.8, 4) is 0 Å². The Bertz CT molecular complexity index is 457. The van der Waals surface area contributed by atoms with Gasteiger partial charge in [0.1, 0.15) is 11.6 Å². The molecule has 2 heterocycles. The number of nitrogen functional groups attached to an aromatic ring is 3. The first-order valence-corrected chi connectivity index (χ1v) is 5.74. The van der Waals surface area contributed by atoms with Crippen LogP contribution in [0.2, 0.25) is 0 Å². The van der Waals surface area contributed by atoms with E-state index in [1.165, 1.54) is 4.88 Å². The van der Waals surface area contributed by atoms with E-state index in [-0.39, 0.29) is 5.95 Å². The lowest BCUT2D eigenvalue weighted by Gasteiger charge is -2.07. The van der Waals surface area contributed by atoms with Crippen molar-refractivity contribution in [1.29, 1.82) is 0 Å². The molecule has 16 heavy (non-hydrogen) atoms. The van der Waals surface area contributed by atoms with Crippen molar-refractivity contribution in [3.63, 3.8) is 0 Å². The van der Waals surface area contributed by atoms with E-state index in [9.17, 15) is 0 Å². The van der Waals surface area contributed by atoms with E-state index in [2.05, 4.69) is 16.0 Å². The predicted molar refractivity (Wildman–Crippen MR) is 67.0 cm³/mol. The molecule has 0 aliphatic rings. The summed E-state index contributed by atoms with van der Waals surface area (Å²) in [5.74, 6) is 0.873. The second-order valence-corrected chi connectivity index (χ2v) is 4.44. The van der Waals surface area contributed by atoms with Gasteiger partial charge >= 0.3 is 0 Å². The molecule has 0 unspecified atom stereocenters. The minimum Gasteiger partial charge on any atom is -0.383 e. The maximum absolute atomic E-state index is 5.75. The molecule has 0 fully saturated rings. The average Bonchev–Trinajstić information content (AvgIpc) is 2.68. The highest BCUT2D eigenvalue weighted by Crippen LogP contribution is 2.20. The normalized spacial score (nSPS) is 10.5. The van der Waals surface area contributed by atoms with Crippen LogP contribution in [0, 0.1) is 0 Å². The number of nitrogens with zero attached hydrogens (tertiary/aromatic N) is 2. The molecule has 0 saturated carbocycles. The predicted octanol–water partition coefficient (Wildman–Crippen LogP) is 1.07. The van der Waals surface area contributed by atoms with Gasteiger partial charge in [-0.05, 0) is 24.3 Å². The van der Waals surface area contributed by atoms with Gasteiger partial charge in [-0.15, -0.1) is 11.3 Å². The molecule has 84 valence electrons. The Hall–Kier alpha value is -1.82. The van der Waals surface area contributed by atoms with Gasteiger partial charge in [-0.3, -0.25) is 0 Å². The standard InChI is InChI=1S/C10H13N5S/c11-8-7(9(12)15-10(13)14-8)4-3-6-2-1-5-16-6/h1-2,5H,3-4H2,(H6,11,12,13,14,15). The Kier molecular flexibility index (Phi) is 2.91. The minimum atomic E-state index is 0.120. The van der Waals surface area contributed by atoms with Crippen molar-refractivity contribution in [3.05, 3.63) is 28.0 Å². The topological polar surface area (TPSA) is 104 Å². The zero-order valence-corrected chi connectivity index (χ0v) is 9.50. The average molecular weight is 235 g/mol. The van der Waals surface area contributed by atoms with Crippen LogP contribution in [0.25, 0.3) is 0 Å². The lowest BCUT2D eigenvalue weighted by atomic mass is 10.1. The molecule has 2 rings (SSSR count). The van der Waals surface area contributed by atoms with Crippen molar-refractivity contribution in [2.24, 2.45) is 0 Å². The summed E-state index contributed by atoms with van der Waals surface area (Å²) in [6.45, 7) is 0. The summed E-state index contributed by atoms with van der Waals surface area (Å²) in [5, 5.41) is 2.04. The Morgan fingerprint density at radius 1 is 1.06 bits per heavy atom. The number of rotatable bonds is 3. The molecule has 6 N–H and O–H groups in total. The van der Waals surface area contributed by atoms with Crippen molar-refractivity contribution in [1.82, 2.24) is 9.97 Å². The van der Waals surface area contributed by atoms with Crippen molar-refractivity contribution in [2.75, 3.05) is 17.2 Å². The summed E-state index contributed by atoms with van der Waals surface area (Å²) in [5.41, 5.74) is 17.7. The molecule has 0 radical (unpaired) electrons. The van der Waals surface area contributed by atoms with Crippen LogP contribution in [-0.2, 0) is 12.8 Å². The van der Waals surface area contributed by atoms with Gasteiger partial charge in [-0.1, -0.05) is 6.07 Å². The molecular weight excluding hydrogens is 222 g/mol. The van der Waals surface area contributed by atoms with E-state index in [1.807, 2.05) is 11.4 Å². The van der Waals surface area contributed by atoms with E-state index in [1.54, 1.807) is 11.3 Å². The van der Waals surface area contributed by atoms with Gasteiger partial charge in [0.15, 0.2) is 0 Å². The zero-order valence-electron chi connectivity index (χ0n) is 8.68. The largest absolute Gasteiger partial charge is 0.383 e. The fourth-order valence-electron chi connectivity index (χ4n) is 1.50. The smallest absolute Gasteiger partial charge is 0.223 e. The summed E-state index contributed by atoms with van der Waals surface area (Å²) in [4.78, 5) is 9.09. The van der Waals surface area contributed by atoms with E-state index >= 15 is 0 Å². The first kappa shape index (κ1) is 10.7. The lowest BCUT2D eigenvalue weighted by molar-refractivity contribution is 0.963. The number of thiophene rings is 1.